The number of phenolic OH excluding ortho intramolecular Hbond substituents is 1. The molecule has 1 aliphatic carbocycles. The molecule has 0 spiro atoms. The second-order valence-corrected chi connectivity index (χ2v) is 7.29. The van der Waals surface area contributed by atoms with E-state index in [1.807, 2.05) is 36.4 Å². The molecule has 1 heterocycles. The summed E-state index contributed by atoms with van der Waals surface area (Å²) in [5.41, 5.74) is 8.11. The largest absolute Gasteiger partial charge is 0.508 e. The van der Waals surface area contributed by atoms with Crippen molar-refractivity contribution >= 4 is 5.91 Å². The molecule has 4 rings (SSSR count). The number of methoxy groups -OCH3 is 1. The Balaban J connectivity index is 1.42. The van der Waals surface area contributed by atoms with Crippen LogP contribution in [0.3, 0.4) is 0 Å². The predicted molar refractivity (Wildman–Crippen MR) is 102 cm³/mol. The summed E-state index contributed by atoms with van der Waals surface area (Å²) < 4.78 is 5.22. The van der Waals surface area contributed by atoms with Crippen molar-refractivity contribution < 1.29 is 14.6 Å². The van der Waals surface area contributed by atoms with Gasteiger partial charge < -0.3 is 15.2 Å². The molecular weight excluding hydrogens is 342 g/mol. The fraction of sp³-hybridized carbons (Fsp3) is 0.381. The van der Waals surface area contributed by atoms with Gasteiger partial charge in [0.25, 0.3) is 0 Å². The molecule has 1 aliphatic heterocycles. The van der Waals surface area contributed by atoms with Crippen LogP contribution >= 0.6 is 0 Å². The first-order chi connectivity index (χ1) is 13.2. The lowest BCUT2D eigenvalue weighted by Crippen LogP contribution is -2.44. The second-order valence-electron chi connectivity index (χ2n) is 7.29. The maximum atomic E-state index is 12.8. The van der Waals surface area contributed by atoms with Crippen LogP contribution in [0, 0.1) is 5.92 Å². The van der Waals surface area contributed by atoms with Crippen LogP contribution in [0.4, 0.5) is 0 Å². The summed E-state index contributed by atoms with van der Waals surface area (Å²) in [6.07, 6.45) is 2.85. The zero-order valence-corrected chi connectivity index (χ0v) is 15.3. The molecule has 1 saturated heterocycles. The Hall–Kier alpha value is -2.57. The molecule has 4 N–H and O–H groups in total. The minimum Gasteiger partial charge on any atom is -0.508 e. The molecule has 0 bridgehead atoms. The van der Waals surface area contributed by atoms with Gasteiger partial charge in [-0.05, 0) is 48.9 Å². The number of hydrogen-bond acceptors (Lipinski definition) is 5. The summed E-state index contributed by atoms with van der Waals surface area (Å²) in [5, 5.41) is 13.3. The van der Waals surface area contributed by atoms with Crippen LogP contribution in [0.25, 0.3) is 0 Å². The lowest BCUT2D eigenvalue weighted by molar-refractivity contribution is -0.123. The number of carbonyl (C=O) groups excluding carboxylic acids is 1. The SMILES string of the molecule is COc1ccc(C(NC(=O)C2CC(c3ccccc3O)NN2)C2CC2)cc1. The number of ether oxygens (including phenoxy) is 1. The molecule has 142 valence electrons. The van der Waals surface area contributed by atoms with Crippen LogP contribution < -0.4 is 20.9 Å². The van der Waals surface area contributed by atoms with Gasteiger partial charge >= 0.3 is 0 Å². The first kappa shape index (κ1) is 17.8. The van der Waals surface area contributed by atoms with E-state index in [-0.39, 0.29) is 29.8 Å². The quantitative estimate of drug-likeness (QED) is 0.631. The van der Waals surface area contributed by atoms with E-state index in [1.165, 1.54) is 0 Å². The predicted octanol–water partition coefficient (Wildman–Crippen LogP) is 2.58. The van der Waals surface area contributed by atoms with Crippen LogP contribution in [-0.4, -0.2) is 24.2 Å². The van der Waals surface area contributed by atoms with Crippen LogP contribution in [-0.2, 0) is 4.79 Å². The Kier molecular flexibility index (Phi) is 5.01. The summed E-state index contributed by atoms with van der Waals surface area (Å²) in [5.74, 6) is 1.53. The summed E-state index contributed by atoms with van der Waals surface area (Å²) in [6.45, 7) is 0. The highest BCUT2D eigenvalue weighted by molar-refractivity contribution is 5.82. The second kappa shape index (κ2) is 7.58. The average molecular weight is 367 g/mol. The van der Waals surface area contributed by atoms with Gasteiger partial charge in [-0.25, -0.2) is 10.9 Å². The van der Waals surface area contributed by atoms with Gasteiger partial charge in [0.2, 0.25) is 5.91 Å². The van der Waals surface area contributed by atoms with Crippen molar-refractivity contribution in [1.29, 1.82) is 0 Å². The Labute approximate surface area is 158 Å². The van der Waals surface area contributed by atoms with Gasteiger partial charge in [0, 0.05) is 5.56 Å². The molecule has 3 unspecified atom stereocenters. The maximum absolute atomic E-state index is 12.8. The molecule has 0 radical (unpaired) electrons. The van der Waals surface area contributed by atoms with Crippen molar-refractivity contribution in [2.24, 2.45) is 5.92 Å². The highest BCUT2D eigenvalue weighted by Crippen LogP contribution is 2.41. The molecule has 6 heteroatoms. The Morgan fingerprint density at radius 1 is 1.15 bits per heavy atom. The van der Waals surface area contributed by atoms with Gasteiger partial charge in [0.1, 0.15) is 17.5 Å². The first-order valence-corrected chi connectivity index (χ1v) is 9.39. The molecular formula is C21H25N3O3. The third kappa shape index (κ3) is 3.91. The number of nitrogens with one attached hydrogen (secondary N) is 3. The molecule has 2 aromatic rings. The van der Waals surface area contributed by atoms with Crippen molar-refractivity contribution in [3.8, 4) is 11.5 Å². The number of benzene rings is 2. The molecule has 27 heavy (non-hydrogen) atoms. The number of aromatic hydroxyl groups is 1. The molecule has 0 aromatic heterocycles. The lowest BCUT2D eigenvalue weighted by Gasteiger charge is -2.21. The fourth-order valence-corrected chi connectivity index (χ4v) is 3.68. The maximum Gasteiger partial charge on any atom is 0.239 e. The average Bonchev–Trinajstić information content (AvgIpc) is 3.42. The Bertz CT molecular complexity index is 805. The smallest absolute Gasteiger partial charge is 0.239 e. The summed E-state index contributed by atoms with van der Waals surface area (Å²) in [6, 6.07) is 14.7. The number of hydrogen-bond donors (Lipinski definition) is 4. The molecule has 6 nitrogen and oxygen atoms in total. The van der Waals surface area contributed by atoms with E-state index in [4.69, 9.17) is 4.74 Å². The standard InChI is InChI=1S/C21H25N3O3/c1-27-15-10-8-14(9-11-15)20(13-6-7-13)22-21(26)18-12-17(23-24-18)16-4-2-3-5-19(16)25/h2-5,8-11,13,17-18,20,23-25H,6-7,12H2,1H3,(H,22,26). The van der Waals surface area contributed by atoms with Crippen LogP contribution in [0.1, 0.15) is 42.5 Å². The Morgan fingerprint density at radius 3 is 2.56 bits per heavy atom. The summed E-state index contributed by atoms with van der Waals surface area (Å²) >= 11 is 0. The molecule has 2 fully saturated rings. The number of phenols is 1. The number of rotatable bonds is 6. The third-order valence-corrected chi connectivity index (χ3v) is 5.40. The van der Waals surface area contributed by atoms with Gasteiger partial charge in [-0.15, -0.1) is 0 Å². The highest BCUT2D eigenvalue weighted by atomic mass is 16.5. The van der Waals surface area contributed by atoms with Gasteiger partial charge in [-0.1, -0.05) is 30.3 Å². The number of amides is 1. The summed E-state index contributed by atoms with van der Waals surface area (Å²) in [7, 11) is 1.65. The van der Waals surface area contributed by atoms with Gasteiger partial charge in [-0.2, -0.15) is 0 Å². The van der Waals surface area contributed by atoms with E-state index < -0.39 is 0 Å². The monoisotopic (exact) mass is 367 g/mol. The Morgan fingerprint density at radius 2 is 1.89 bits per heavy atom. The first-order valence-electron chi connectivity index (χ1n) is 9.39. The minimum atomic E-state index is -0.339. The lowest BCUT2D eigenvalue weighted by atomic mass is 9.99. The topological polar surface area (TPSA) is 82.6 Å². The van der Waals surface area contributed by atoms with Crippen molar-refractivity contribution in [3.63, 3.8) is 0 Å². The zero-order valence-electron chi connectivity index (χ0n) is 15.3. The summed E-state index contributed by atoms with van der Waals surface area (Å²) in [4.78, 5) is 12.8. The van der Waals surface area contributed by atoms with E-state index >= 15 is 0 Å². The van der Waals surface area contributed by atoms with E-state index in [2.05, 4.69) is 16.2 Å². The number of hydrazine groups is 1. The molecule has 1 saturated carbocycles. The molecule has 1 amide bonds. The van der Waals surface area contributed by atoms with E-state index in [1.54, 1.807) is 19.2 Å². The normalized spacial score (nSPS) is 23.0. The third-order valence-electron chi connectivity index (χ3n) is 5.40. The van der Waals surface area contributed by atoms with Crippen LogP contribution in [0.15, 0.2) is 48.5 Å². The van der Waals surface area contributed by atoms with Crippen molar-refractivity contribution in [3.05, 3.63) is 59.7 Å². The van der Waals surface area contributed by atoms with Gasteiger partial charge in [-0.3, -0.25) is 4.79 Å². The van der Waals surface area contributed by atoms with Gasteiger partial charge in [0.15, 0.2) is 0 Å². The zero-order chi connectivity index (χ0) is 18.8. The van der Waals surface area contributed by atoms with E-state index in [0.717, 1.165) is 29.7 Å². The highest BCUT2D eigenvalue weighted by Gasteiger charge is 2.37. The molecule has 3 atom stereocenters. The van der Waals surface area contributed by atoms with E-state index in [0.29, 0.717) is 12.3 Å². The number of carbonyl (C=O) groups is 1. The number of para-hydroxylation sites is 1. The van der Waals surface area contributed by atoms with Crippen LogP contribution in [0.2, 0.25) is 0 Å². The van der Waals surface area contributed by atoms with Crippen molar-refractivity contribution in [2.75, 3.05) is 7.11 Å². The molecule has 2 aromatic carbocycles. The van der Waals surface area contributed by atoms with Crippen molar-refractivity contribution in [2.45, 2.75) is 37.4 Å². The van der Waals surface area contributed by atoms with Crippen LogP contribution in [0.5, 0.6) is 11.5 Å². The van der Waals surface area contributed by atoms with Crippen molar-refractivity contribution in [1.82, 2.24) is 16.2 Å². The van der Waals surface area contributed by atoms with Gasteiger partial charge in [0.05, 0.1) is 19.2 Å². The van der Waals surface area contributed by atoms with E-state index in [9.17, 15) is 9.90 Å². The minimum absolute atomic E-state index is 0.0202. The fourth-order valence-electron chi connectivity index (χ4n) is 3.68. The molecule has 2 aliphatic rings.